The van der Waals surface area contributed by atoms with E-state index in [-0.39, 0.29) is 15.8 Å². The van der Waals surface area contributed by atoms with E-state index in [1.807, 2.05) is 0 Å². The summed E-state index contributed by atoms with van der Waals surface area (Å²) in [6, 6.07) is 0. The van der Waals surface area contributed by atoms with Gasteiger partial charge < -0.3 is 5.32 Å². The molecule has 0 aliphatic heterocycles. The third-order valence-electron chi connectivity index (χ3n) is 3.75. The summed E-state index contributed by atoms with van der Waals surface area (Å²) >= 11 is 1.62. The van der Waals surface area contributed by atoms with Crippen molar-refractivity contribution in [2.75, 3.05) is 25.4 Å². The zero-order chi connectivity index (χ0) is 19.0. The van der Waals surface area contributed by atoms with Gasteiger partial charge in [0, 0.05) is 0 Å². The van der Waals surface area contributed by atoms with Crippen LogP contribution in [-0.4, -0.2) is 48.0 Å². The summed E-state index contributed by atoms with van der Waals surface area (Å²) in [7, 11) is 5.02. The van der Waals surface area contributed by atoms with Gasteiger partial charge in [0.25, 0.3) is 0 Å². The van der Waals surface area contributed by atoms with Crippen LogP contribution in [0.4, 0.5) is 0 Å². The zero-order valence-electron chi connectivity index (χ0n) is 16.3. The molecule has 6 heteroatoms. The summed E-state index contributed by atoms with van der Waals surface area (Å²) < 4.78 is 7.75. The van der Waals surface area contributed by atoms with Gasteiger partial charge in [0.2, 0.25) is 0 Å². The maximum atomic E-state index is 7.75. The van der Waals surface area contributed by atoms with E-state index >= 15 is 0 Å². The van der Waals surface area contributed by atoms with E-state index in [1.54, 1.807) is 17.3 Å². The quantitative estimate of drug-likeness (QED) is 0.191. The van der Waals surface area contributed by atoms with Crippen molar-refractivity contribution in [3.63, 3.8) is 0 Å². The van der Waals surface area contributed by atoms with E-state index in [0.29, 0.717) is 0 Å². The second kappa shape index (κ2) is 19.8. The van der Waals surface area contributed by atoms with Gasteiger partial charge in [0.1, 0.15) is 0 Å². The van der Waals surface area contributed by atoms with E-state index < -0.39 is 0 Å². The monoisotopic (exact) mass is 472 g/mol. The molecule has 0 radical (unpaired) electrons. The zero-order valence-corrected chi connectivity index (χ0v) is 20.7. The third kappa shape index (κ3) is 16.7. The molecular weight excluding hydrogens is 433 g/mol. The van der Waals surface area contributed by atoms with Crippen molar-refractivity contribution >= 4 is 25.5 Å². The molecular formula is C17H39ClNOP2Ru+. The first-order valence-corrected chi connectivity index (χ1v) is 14.1. The van der Waals surface area contributed by atoms with Crippen LogP contribution in [0.5, 0.6) is 0 Å². The van der Waals surface area contributed by atoms with Crippen LogP contribution in [-0.2, 0) is 22.0 Å². The first kappa shape index (κ1) is 29.2. The van der Waals surface area contributed by atoms with Gasteiger partial charge in [0.15, 0.2) is 0 Å². The second-order valence-corrected chi connectivity index (χ2v) is 13.7. The third-order valence-corrected chi connectivity index (χ3v) is 10.5. The summed E-state index contributed by atoms with van der Waals surface area (Å²) in [4.78, 5) is 0. The molecule has 0 heterocycles. The molecule has 0 saturated carbocycles. The van der Waals surface area contributed by atoms with E-state index in [1.165, 1.54) is 25.4 Å². The molecule has 0 amide bonds. The number of hydrogen-bond donors (Lipinski definition) is 1. The average molecular weight is 472 g/mol. The molecule has 0 fully saturated rings. The fourth-order valence-corrected chi connectivity index (χ4v) is 8.05. The fourth-order valence-electron chi connectivity index (χ4n) is 2.77. The van der Waals surface area contributed by atoms with Crippen LogP contribution >= 0.6 is 25.5 Å². The van der Waals surface area contributed by atoms with Crippen LogP contribution < -0.4 is 5.32 Å². The summed E-state index contributed by atoms with van der Waals surface area (Å²) in [5, 5.41) is 3.70. The van der Waals surface area contributed by atoms with Gasteiger partial charge >= 0.3 is 38.3 Å². The van der Waals surface area contributed by atoms with E-state index in [2.05, 4.69) is 77.0 Å². The molecule has 0 spiro atoms. The Morgan fingerprint density at radius 3 is 1.13 bits per heavy atom. The molecule has 0 saturated heterocycles. The summed E-state index contributed by atoms with van der Waals surface area (Å²) in [6.07, 6.45) is 2.79. The molecule has 0 atom stereocenters. The Morgan fingerprint density at radius 1 is 0.739 bits per heavy atom. The van der Waals surface area contributed by atoms with E-state index in [9.17, 15) is 0 Å². The van der Waals surface area contributed by atoms with Crippen LogP contribution in [0.2, 0.25) is 0 Å². The molecule has 0 aromatic rings. The SMILES string of the molecule is C#[O+].CC(C)P(CCNCCP(C(C)C)C(C)C)C(C)C.[Cl][RuH]. The van der Waals surface area contributed by atoms with Crippen LogP contribution in [0.25, 0.3) is 0 Å². The molecule has 2 nitrogen and oxygen atoms in total. The van der Waals surface area contributed by atoms with E-state index in [4.69, 9.17) is 4.65 Å². The standard InChI is InChI=1S/C16H37NP2.CHO.ClH.Ru.H/c1-13(2)18(14(3)4)11-9-17-10-12-19(15(5)6)16(7)8;1-2;;;/h13-17H,9-12H2,1-8H3;1H;1H;;/q;+1;;+1;/p-1. The molecule has 23 heavy (non-hydrogen) atoms. The summed E-state index contributed by atoms with van der Waals surface area (Å²) in [5.41, 5.74) is 3.50. The van der Waals surface area contributed by atoms with Crippen LogP contribution in [0.3, 0.4) is 0 Å². The van der Waals surface area contributed by atoms with Crippen molar-refractivity contribution in [2.45, 2.75) is 78.0 Å². The maximum absolute atomic E-state index is 7.75. The average Bonchev–Trinajstić information content (AvgIpc) is 2.48. The number of hydrogen-bond acceptors (Lipinski definition) is 1. The summed E-state index contributed by atoms with van der Waals surface area (Å²) in [6.45, 7) is 24.8. The molecule has 0 aliphatic rings. The van der Waals surface area contributed by atoms with Crippen LogP contribution in [0, 0.1) is 6.65 Å². The Hall–Kier alpha value is 1.47. The predicted molar refractivity (Wildman–Crippen MR) is 110 cm³/mol. The Balaban J connectivity index is -0.000000919. The topological polar surface area (TPSA) is 31.9 Å². The van der Waals surface area contributed by atoms with Gasteiger partial charge in [0.05, 0.1) is 0 Å². The molecule has 0 rings (SSSR count). The minimum absolute atomic E-state index is 0.207. The van der Waals surface area contributed by atoms with Gasteiger partial charge in [-0.1, -0.05) is 55.4 Å². The summed E-state index contributed by atoms with van der Waals surface area (Å²) in [5.74, 6) is 0. The Kier molecular flexibility index (Phi) is 25.2. The molecule has 0 aliphatic carbocycles. The van der Waals surface area contributed by atoms with Gasteiger partial charge in [-0.3, -0.25) is 0 Å². The van der Waals surface area contributed by atoms with Crippen LogP contribution in [0.1, 0.15) is 55.4 Å². The number of rotatable bonds is 10. The van der Waals surface area contributed by atoms with Crippen molar-refractivity contribution in [1.29, 1.82) is 0 Å². The van der Waals surface area contributed by atoms with Crippen molar-refractivity contribution in [3.8, 4) is 6.65 Å². The van der Waals surface area contributed by atoms with Crippen molar-refractivity contribution in [2.24, 2.45) is 0 Å². The molecule has 0 aromatic carbocycles. The van der Waals surface area contributed by atoms with Crippen LogP contribution in [0.15, 0.2) is 0 Å². The minimum atomic E-state index is 0.207. The first-order chi connectivity index (χ1) is 10.8. The molecule has 1 N–H and O–H groups in total. The molecule has 0 aromatic heterocycles. The normalized spacial score (nSPS) is 11.1. The van der Waals surface area contributed by atoms with Crippen molar-refractivity contribution in [1.82, 2.24) is 5.32 Å². The Labute approximate surface area is 162 Å². The van der Waals surface area contributed by atoms with Crippen molar-refractivity contribution < 1.29 is 22.0 Å². The molecule has 142 valence electrons. The predicted octanol–water partition coefficient (Wildman–Crippen LogP) is 5.60. The molecule has 0 unspecified atom stereocenters. The Bertz CT molecular complexity index is 226. The fraction of sp³-hybridized carbons (Fsp3) is 0.941. The van der Waals surface area contributed by atoms with Gasteiger partial charge in [-0.2, -0.15) is 0 Å². The second-order valence-electron chi connectivity index (χ2n) is 6.60. The number of halogens is 1. The first-order valence-electron chi connectivity index (χ1n) is 8.37. The van der Waals surface area contributed by atoms with Gasteiger partial charge in [-0.15, -0.1) is 15.8 Å². The van der Waals surface area contributed by atoms with Crippen molar-refractivity contribution in [3.05, 3.63) is 0 Å². The van der Waals surface area contributed by atoms with E-state index in [0.717, 1.165) is 22.6 Å². The van der Waals surface area contributed by atoms with Gasteiger partial charge in [-0.25, -0.2) is 0 Å². The van der Waals surface area contributed by atoms with Gasteiger partial charge in [-0.05, 0) is 48.0 Å². The molecule has 0 bridgehead atoms. The number of nitrogens with one attached hydrogen (secondary N) is 1. The Morgan fingerprint density at radius 2 is 0.957 bits per heavy atom.